The predicted molar refractivity (Wildman–Crippen MR) is 92.6 cm³/mol. The molecular formula is C19H18N2O3. The zero-order chi connectivity index (χ0) is 16.8. The van der Waals surface area contributed by atoms with Crippen LogP contribution < -0.4 is 10.6 Å². The first-order chi connectivity index (χ1) is 11.8. The second kappa shape index (κ2) is 7.48. The second-order valence-electron chi connectivity index (χ2n) is 5.29. The van der Waals surface area contributed by atoms with Gasteiger partial charge in [0, 0.05) is 5.69 Å². The van der Waals surface area contributed by atoms with Gasteiger partial charge in [-0.2, -0.15) is 0 Å². The van der Waals surface area contributed by atoms with Gasteiger partial charge in [-0.15, -0.1) is 0 Å². The number of benzene rings is 2. The van der Waals surface area contributed by atoms with Gasteiger partial charge in [0.2, 0.25) is 0 Å². The number of hydrogen-bond donors (Lipinski definition) is 3. The first-order valence-corrected chi connectivity index (χ1v) is 7.63. The van der Waals surface area contributed by atoms with Crippen LogP contribution in [0.2, 0.25) is 0 Å². The van der Waals surface area contributed by atoms with Gasteiger partial charge in [0.25, 0.3) is 0 Å². The molecule has 24 heavy (non-hydrogen) atoms. The van der Waals surface area contributed by atoms with Crippen LogP contribution in [0.5, 0.6) is 0 Å². The molecule has 0 spiro atoms. The zero-order valence-corrected chi connectivity index (χ0v) is 13.0. The summed E-state index contributed by atoms with van der Waals surface area (Å²) in [5.41, 5.74) is 2.86. The van der Waals surface area contributed by atoms with E-state index in [9.17, 15) is 9.90 Å². The van der Waals surface area contributed by atoms with Gasteiger partial charge in [-0.25, -0.2) is 4.79 Å². The monoisotopic (exact) mass is 322 g/mol. The molecule has 0 aliphatic heterocycles. The van der Waals surface area contributed by atoms with Crippen LogP contribution in [-0.4, -0.2) is 17.7 Å². The molecule has 0 saturated heterocycles. The summed E-state index contributed by atoms with van der Waals surface area (Å²) in [7, 11) is 0. The number of aliphatic hydroxyl groups is 1. The highest BCUT2D eigenvalue weighted by Crippen LogP contribution is 2.21. The minimum absolute atomic E-state index is 0.242. The molecule has 1 unspecified atom stereocenters. The molecule has 0 radical (unpaired) electrons. The van der Waals surface area contributed by atoms with Crippen molar-refractivity contribution in [2.75, 3.05) is 11.9 Å². The molecular weight excluding hydrogens is 304 g/mol. The Morgan fingerprint density at radius 2 is 1.67 bits per heavy atom. The van der Waals surface area contributed by atoms with Crippen LogP contribution in [0.3, 0.4) is 0 Å². The summed E-state index contributed by atoms with van der Waals surface area (Å²) >= 11 is 0. The van der Waals surface area contributed by atoms with Crippen LogP contribution in [0.15, 0.2) is 77.4 Å². The number of aliphatic hydroxyl groups excluding tert-OH is 1. The maximum Gasteiger partial charge on any atom is 0.319 e. The average molecular weight is 322 g/mol. The third kappa shape index (κ3) is 3.83. The molecule has 0 aliphatic carbocycles. The number of carbonyl (C=O) groups excluding carboxylic acids is 1. The Bertz CT molecular complexity index is 768. The number of carbonyl (C=O) groups is 1. The minimum Gasteiger partial charge on any atom is -0.467 e. The number of anilines is 1. The molecule has 0 fully saturated rings. The number of rotatable bonds is 5. The van der Waals surface area contributed by atoms with Gasteiger partial charge in [-0.3, -0.25) is 0 Å². The molecule has 5 heteroatoms. The van der Waals surface area contributed by atoms with Crippen LogP contribution in [0.4, 0.5) is 10.5 Å². The third-order valence-corrected chi connectivity index (χ3v) is 3.62. The van der Waals surface area contributed by atoms with Crippen LogP contribution in [0.25, 0.3) is 11.1 Å². The van der Waals surface area contributed by atoms with E-state index in [1.165, 1.54) is 6.26 Å². The van der Waals surface area contributed by atoms with Gasteiger partial charge in [0.1, 0.15) is 11.8 Å². The van der Waals surface area contributed by atoms with Crippen molar-refractivity contribution in [1.29, 1.82) is 0 Å². The summed E-state index contributed by atoms with van der Waals surface area (Å²) in [6.07, 6.45) is 1.50. The van der Waals surface area contributed by atoms with Crippen LogP contribution in [-0.2, 0) is 0 Å². The molecule has 1 atom stereocenters. The lowest BCUT2D eigenvalue weighted by Crippen LogP contribution is -2.34. The van der Waals surface area contributed by atoms with Gasteiger partial charge in [0.15, 0.2) is 0 Å². The molecule has 122 valence electrons. The van der Waals surface area contributed by atoms with E-state index in [-0.39, 0.29) is 6.61 Å². The van der Waals surface area contributed by atoms with Crippen LogP contribution >= 0.6 is 0 Å². The van der Waals surface area contributed by atoms with Crippen molar-refractivity contribution >= 4 is 11.7 Å². The Labute approximate surface area is 139 Å². The fourth-order valence-corrected chi connectivity index (χ4v) is 2.40. The molecule has 5 nitrogen and oxygen atoms in total. The highest BCUT2D eigenvalue weighted by atomic mass is 16.3. The summed E-state index contributed by atoms with van der Waals surface area (Å²) < 4.78 is 5.20. The first kappa shape index (κ1) is 15.8. The number of amides is 2. The summed E-state index contributed by atoms with van der Waals surface area (Å²) in [5, 5.41) is 14.8. The topological polar surface area (TPSA) is 74.5 Å². The molecule has 1 heterocycles. The summed E-state index contributed by atoms with van der Waals surface area (Å²) in [5.74, 6) is 0.507. The van der Waals surface area contributed by atoms with Crippen molar-refractivity contribution in [2.24, 2.45) is 0 Å². The smallest absolute Gasteiger partial charge is 0.319 e. The van der Waals surface area contributed by atoms with Crippen molar-refractivity contribution in [3.8, 4) is 11.1 Å². The van der Waals surface area contributed by atoms with Crippen molar-refractivity contribution in [1.82, 2.24) is 5.32 Å². The van der Waals surface area contributed by atoms with E-state index >= 15 is 0 Å². The molecule has 3 aromatic rings. The van der Waals surface area contributed by atoms with Crippen molar-refractivity contribution in [3.63, 3.8) is 0 Å². The third-order valence-electron chi connectivity index (χ3n) is 3.62. The van der Waals surface area contributed by atoms with Gasteiger partial charge >= 0.3 is 6.03 Å². The zero-order valence-electron chi connectivity index (χ0n) is 13.0. The average Bonchev–Trinajstić information content (AvgIpc) is 3.15. The summed E-state index contributed by atoms with van der Waals surface area (Å²) in [6, 6.07) is 20.0. The number of urea groups is 1. The molecule has 2 amide bonds. The highest BCUT2D eigenvalue weighted by molar-refractivity contribution is 5.89. The van der Waals surface area contributed by atoms with Crippen molar-refractivity contribution < 1.29 is 14.3 Å². The van der Waals surface area contributed by atoms with E-state index in [2.05, 4.69) is 10.6 Å². The van der Waals surface area contributed by atoms with E-state index in [1.54, 1.807) is 12.1 Å². The Kier molecular flexibility index (Phi) is 4.93. The van der Waals surface area contributed by atoms with Gasteiger partial charge in [-0.05, 0) is 35.4 Å². The maximum atomic E-state index is 12.1. The molecule has 1 aromatic heterocycles. The highest BCUT2D eigenvalue weighted by Gasteiger charge is 2.16. The Morgan fingerprint density at radius 3 is 2.29 bits per heavy atom. The van der Waals surface area contributed by atoms with Crippen molar-refractivity contribution in [2.45, 2.75) is 6.04 Å². The SMILES string of the molecule is O=C(Nc1ccc(-c2ccccc2)cc1)NC(CO)c1ccco1. The Hall–Kier alpha value is -3.05. The van der Waals surface area contributed by atoms with Crippen LogP contribution in [0.1, 0.15) is 11.8 Å². The summed E-state index contributed by atoms with van der Waals surface area (Å²) in [4.78, 5) is 12.1. The fourth-order valence-electron chi connectivity index (χ4n) is 2.40. The maximum absolute atomic E-state index is 12.1. The van der Waals surface area contributed by atoms with Crippen molar-refractivity contribution in [3.05, 3.63) is 78.8 Å². The van der Waals surface area contributed by atoms with E-state index in [0.717, 1.165) is 11.1 Å². The molecule has 3 N–H and O–H groups in total. The standard InChI is InChI=1S/C19H18N2O3/c22-13-17(18-7-4-12-24-18)21-19(23)20-16-10-8-15(9-11-16)14-5-2-1-3-6-14/h1-12,17,22H,13H2,(H2,20,21,23). The molecule has 3 rings (SSSR count). The Morgan fingerprint density at radius 1 is 0.958 bits per heavy atom. The van der Waals surface area contributed by atoms with E-state index in [1.807, 2.05) is 54.6 Å². The Balaban J connectivity index is 1.62. The normalized spacial score (nSPS) is 11.7. The second-order valence-corrected chi connectivity index (χ2v) is 5.29. The number of hydrogen-bond acceptors (Lipinski definition) is 3. The number of furan rings is 1. The lowest BCUT2D eigenvalue weighted by atomic mass is 10.1. The quantitative estimate of drug-likeness (QED) is 0.669. The van der Waals surface area contributed by atoms with E-state index in [0.29, 0.717) is 11.4 Å². The molecule has 2 aromatic carbocycles. The molecule has 0 saturated carbocycles. The minimum atomic E-state index is -0.580. The number of nitrogens with one attached hydrogen (secondary N) is 2. The lowest BCUT2D eigenvalue weighted by molar-refractivity contribution is 0.215. The lowest BCUT2D eigenvalue weighted by Gasteiger charge is -2.14. The fraction of sp³-hybridized carbons (Fsp3) is 0.105. The first-order valence-electron chi connectivity index (χ1n) is 7.63. The largest absolute Gasteiger partial charge is 0.467 e. The molecule has 0 aliphatic rings. The van der Waals surface area contributed by atoms with Gasteiger partial charge in [-0.1, -0.05) is 42.5 Å². The molecule has 0 bridgehead atoms. The summed E-state index contributed by atoms with van der Waals surface area (Å²) in [6.45, 7) is -0.242. The van der Waals surface area contributed by atoms with Gasteiger partial charge < -0.3 is 20.2 Å². The van der Waals surface area contributed by atoms with E-state index < -0.39 is 12.1 Å². The predicted octanol–water partition coefficient (Wildman–Crippen LogP) is 3.80. The van der Waals surface area contributed by atoms with Gasteiger partial charge in [0.05, 0.1) is 12.9 Å². The van der Waals surface area contributed by atoms with E-state index in [4.69, 9.17) is 4.42 Å². The van der Waals surface area contributed by atoms with Crippen LogP contribution in [0, 0.1) is 0 Å².